The number of rotatable bonds is 3. The van der Waals surface area contributed by atoms with E-state index in [1.807, 2.05) is 12.1 Å². The third-order valence-electron chi connectivity index (χ3n) is 2.69. The highest BCUT2D eigenvalue weighted by atomic mass is 35.5. The molecule has 0 N–H and O–H groups in total. The van der Waals surface area contributed by atoms with Crippen LogP contribution in [0.3, 0.4) is 0 Å². The molecule has 0 aromatic heterocycles. The molecular formula is C14H10Cl2O2. The third kappa shape index (κ3) is 2.22. The fraction of sp³-hybridized carbons (Fsp3) is 0.0714. The minimum atomic E-state index is -1.43. The second-order valence-corrected chi connectivity index (χ2v) is 4.48. The zero-order chi connectivity index (χ0) is 13.0. The Labute approximate surface area is 115 Å². The van der Waals surface area contributed by atoms with Crippen molar-refractivity contribution in [2.45, 2.75) is 4.87 Å². The van der Waals surface area contributed by atoms with Crippen molar-refractivity contribution >= 4 is 29.4 Å². The van der Waals surface area contributed by atoms with E-state index in [2.05, 4.69) is 4.29 Å². The number of benzene rings is 2. The SMILES string of the molecule is O=C(OCl)C(Cl)(c1ccccc1)c1ccccc1. The van der Waals surface area contributed by atoms with Crippen LogP contribution in [0.25, 0.3) is 0 Å². The molecule has 2 aromatic rings. The molecule has 2 rings (SSSR count). The van der Waals surface area contributed by atoms with Crippen LogP contribution in [0.5, 0.6) is 0 Å². The highest BCUT2D eigenvalue weighted by molar-refractivity contribution is 6.37. The Kier molecular flexibility index (Phi) is 3.90. The molecule has 2 aromatic carbocycles. The first-order valence-corrected chi connectivity index (χ1v) is 6.01. The summed E-state index contributed by atoms with van der Waals surface area (Å²) < 4.78 is 4.33. The van der Waals surface area contributed by atoms with Crippen LogP contribution in [0.1, 0.15) is 11.1 Å². The summed E-state index contributed by atoms with van der Waals surface area (Å²) in [7, 11) is 0. The zero-order valence-corrected chi connectivity index (χ0v) is 10.9. The quantitative estimate of drug-likeness (QED) is 0.798. The summed E-state index contributed by atoms with van der Waals surface area (Å²) >= 11 is 11.7. The molecular weight excluding hydrogens is 271 g/mol. The summed E-state index contributed by atoms with van der Waals surface area (Å²) in [5.74, 6) is -0.719. The second-order valence-electron chi connectivity index (χ2n) is 3.76. The largest absolute Gasteiger partial charge is 0.354 e. The number of hydrogen-bond donors (Lipinski definition) is 0. The minimum absolute atomic E-state index is 0.614. The van der Waals surface area contributed by atoms with E-state index in [4.69, 9.17) is 23.5 Å². The lowest BCUT2D eigenvalue weighted by Gasteiger charge is -2.24. The maximum Gasteiger partial charge on any atom is 0.354 e. The van der Waals surface area contributed by atoms with Gasteiger partial charge in [-0.25, -0.2) is 4.79 Å². The van der Waals surface area contributed by atoms with Gasteiger partial charge < -0.3 is 4.29 Å². The van der Waals surface area contributed by atoms with Crippen molar-refractivity contribution in [3.8, 4) is 0 Å². The van der Waals surface area contributed by atoms with E-state index in [-0.39, 0.29) is 0 Å². The van der Waals surface area contributed by atoms with E-state index >= 15 is 0 Å². The van der Waals surface area contributed by atoms with E-state index in [1.54, 1.807) is 48.5 Å². The van der Waals surface area contributed by atoms with Gasteiger partial charge >= 0.3 is 5.97 Å². The molecule has 18 heavy (non-hydrogen) atoms. The molecule has 4 heteroatoms. The smallest absolute Gasteiger partial charge is 0.345 e. The fourth-order valence-electron chi connectivity index (χ4n) is 1.79. The number of hydrogen-bond acceptors (Lipinski definition) is 2. The van der Waals surface area contributed by atoms with E-state index in [1.165, 1.54) is 0 Å². The van der Waals surface area contributed by atoms with Crippen LogP contribution in [-0.4, -0.2) is 5.97 Å². The average molecular weight is 281 g/mol. The Morgan fingerprint density at radius 2 is 1.28 bits per heavy atom. The van der Waals surface area contributed by atoms with Crippen LogP contribution < -0.4 is 0 Å². The summed E-state index contributed by atoms with van der Waals surface area (Å²) in [4.78, 5) is 10.5. The van der Waals surface area contributed by atoms with Crippen molar-refractivity contribution < 1.29 is 9.08 Å². The monoisotopic (exact) mass is 280 g/mol. The van der Waals surface area contributed by atoms with Crippen LogP contribution in [0.2, 0.25) is 0 Å². The molecule has 0 aliphatic rings. The van der Waals surface area contributed by atoms with Crippen molar-refractivity contribution in [2.24, 2.45) is 0 Å². The Hall–Kier alpha value is -1.51. The molecule has 0 aliphatic carbocycles. The first-order valence-electron chi connectivity index (χ1n) is 5.32. The zero-order valence-electron chi connectivity index (χ0n) is 9.35. The number of carbonyl (C=O) groups excluding carboxylic acids is 1. The predicted molar refractivity (Wildman–Crippen MR) is 71.5 cm³/mol. The normalized spacial score (nSPS) is 11.0. The van der Waals surface area contributed by atoms with Crippen LogP contribution in [0.4, 0.5) is 0 Å². The van der Waals surface area contributed by atoms with Gasteiger partial charge in [0.05, 0.1) is 0 Å². The molecule has 92 valence electrons. The Morgan fingerprint density at radius 1 is 0.889 bits per heavy atom. The third-order valence-corrected chi connectivity index (χ3v) is 3.43. The fourth-order valence-corrected chi connectivity index (χ4v) is 2.24. The molecule has 0 saturated heterocycles. The minimum Gasteiger partial charge on any atom is -0.345 e. The first-order chi connectivity index (χ1) is 8.69. The van der Waals surface area contributed by atoms with E-state index in [0.717, 1.165) is 0 Å². The van der Waals surface area contributed by atoms with Crippen LogP contribution >= 0.6 is 23.5 Å². The highest BCUT2D eigenvalue weighted by Crippen LogP contribution is 2.38. The van der Waals surface area contributed by atoms with Crippen molar-refractivity contribution in [1.29, 1.82) is 0 Å². The molecule has 0 aliphatic heterocycles. The molecule has 0 radical (unpaired) electrons. The lowest BCUT2D eigenvalue weighted by Crippen LogP contribution is -2.31. The van der Waals surface area contributed by atoms with Crippen LogP contribution in [0.15, 0.2) is 60.7 Å². The van der Waals surface area contributed by atoms with E-state index < -0.39 is 10.8 Å². The van der Waals surface area contributed by atoms with Crippen molar-refractivity contribution in [3.63, 3.8) is 0 Å². The van der Waals surface area contributed by atoms with Gasteiger partial charge in [0.1, 0.15) is 11.9 Å². The summed E-state index contributed by atoms with van der Waals surface area (Å²) in [6.07, 6.45) is 0. The molecule has 0 saturated carbocycles. The predicted octanol–water partition coefficient (Wildman–Crippen LogP) is 3.87. The van der Waals surface area contributed by atoms with Gasteiger partial charge in [-0.2, -0.15) is 0 Å². The van der Waals surface area contributed by atoms with E-state index in [9.17, 15) is 4.79 Å². The lowest BCUT2D eigenvalue weighted by atomic mass is 9.90. The molecule has 0 spiro atoms. The second kappa shape index (κ2) is 5.42. The number of carbonyl (C=O) groups is 1. The standard InChI is InChI=1S/C14H10Cl2O2/c15-14(13(17)18-16,11-7-3-1-4-8-11)12-9-5-2-6-10-12/h1-10H. The molecule has 0 atom stereocenters. The highest BCUT2D eigenvalue weighted by Gasteiger charge is 2.41. The molecule has 0 unspecified atom stereocenters. The Morgan fingerprint density at radius 3 is 1.61 bits per heavy atom. The summed E-state index contributed by atoms with van der Waals surface area (Å²) in [5.41, 5.74) is 1.23. The van der Waals surface area contributed by atoms with Crippen molar-refractivity contribution in [1.82, 2.24) is 0 Å². The maximum atomic E-state index is 11.9. The molecule has 0 bridgehead atoms. The van der Waals surface area contributed by atoms with Gasteiger partial charge in [0, 0.05) is 0 Å². The van der Waals surface area contributed by atoms with Gasteiger partial charge in [0.15, 0.2) is 4.87 Å². The summed E-state index contributed by atoms with van der Waals surface area (Å²) in [6.45, 7) is 0. The molecule has 0 fully saturated rings. The van der Waals surface area contributed by atoms with Crippen LogP contribution in [0, 0.1) is 0 Å². The Bertz CT molecular complexity index is 487. The van der Waals surface area contributed by atoms with Gasteiger partial charge in [0.2, 0.25) is 0 Å². The summed E-state index contributed by atoms with van der Waals surface area (Å²) in [6, 6.07) is 17.9. The van der Waals surface area contributed by atoms with Gasteiger partial charge in [-0.05, 0) is 11.1 Å². The first kappa shape index (κ1) is 12.9. The Balaban J connectivity index is 2.59. The van der Waals surface area contributed by atoms with Crippen molar-refractivity contribution in [3.05, 3.63) is 71.8 Å². The van der Waals surface area contributed by atoms with Gasteiger partial charge in [0.25, 0.3) is 0 Å². The topological polar surface area (TPSA) is 26.3 Å². The van der Waals surface area contributed by atoms with Gasteiger partial charge in [-0.1, -0.05) is 72.3 Å². The van der Waals surface area contributed by atoms with Gasteiger partial charge in [-0.3, -0.25) is 0 Å². The number of alkyl halides is 1. The molecule has 2 nitrogen and oxygen atoms in total. The van der Waals surface area contributed by atoms with Gasteiger partial charge in [-0.15, -0.1) is 0 Å². The number of halogens is 2. The lowest BCUT2D eigenvalue weighted by molar-refractivity contribution is -0.136. The van der Waals surface area contributed by atoms with Crippen LogP contribution in [-0.2, 0) is 14.0 Å². The average Bonchev–Trinajstić information content (AvgIpc) is 2.47. The molecule has 0 heterocycles. The maximum absolute atomic E-state index is 11.9. The summed E-state index contributed by atoms with van der Waals surface area (Å²) in [5, 5.41) is 0. The van der Waals surface area contributed by atoms with E-state index in [0.29, 0.717) is 11.1 Å². The van der Waals surface area contributed by atoms with Crippen molar-refractivity contribution in [2.75, 3.05) is 0 Å². The molecule has 0 amide bonds.